The van der Waals surface area contributed by atoms with Crippen LogP contribution in [0.5, 0.6) is 0 Å². The minimum absolute atomic E-state index is 0.0974. The summed E-state index contributed by atoms with van der Waals surface area (Å²) >= 11 is 0. The molecule has 0 fully saturated rings. The molecule has 3 N–H and O–H groups in total. The van der Waals surface area contributed by atoms with E-state index in [1.54, 1.807) is 6.92 Å². The molecular formula is C12H14N2O6. The molecule has 108 valence electrons. The Bertz CT molecular complexity index is 543. The van der Waals surface area contributed by atoms with E-state index in [1.165, 1.54) is 18.2 Å². The molecule has 1 aromatic carbocycles. The average Bonchev–Trinajstić information content (AvgIpc) is 2.37. The summed E-state index contributed by atoms with van der Waals surface area (Å²) in [5.74, 6) is -2.07. The number of amides is 1. The summed E-state index contributed by atoms with van der Waals surface area (Å²) in [6, 6.07) is 4.13. The molecule has 1 aromatic rings. The highest BCUT2D eigenvalue weighted by Gasteiger charge is 2.20. The van der Waals surface area contributed by atoms with Crippen LogP contribution in [0.25, 0.3) is 0 Å². The Hall–Kier alpha value is -2.48. The van der Waals surface area contributed by atoms with Crippen LogP contribution in [0.15, 0.2) is 18.2 Å². The zero-order valence-corrected chi connectivity index (χ0v) is 10.7. The molecule has 8 heteroatoms. The van der Waals surface area contributed by atoms with E-state index in [0.29, 0.717) is 5.56 Å². The molecule has 0 aliphatic heterocycles. The van der Waals surface area contributed by atoms with Gasteiger partial charge in [-0.25, -0.2) is 4.79 Å². The number of hydrogen-bond acceptors (Lipinski definition) is 5. The molecule has 0 unspecified atom stereocenters. The Kier molecular flexibility index (Phi) is 5.15. The highest BCUT2D eigenvalue weighted by molar-refractivity contribution is 5.98. The Morgan fingerprint density at radius 2 is 2.10 bits per heavy atom. The van der Waals surface area contributed by atoms with E-state index in [1.807, 2.05) is 0 Å². The first kappa shape index (κ1) is 15.6. The van der Waals surface area contributed by atoms with Crippen LogP contribution in [-0.4, -0.2) is 39.7 Å². The molecule has 0 heterocycles. The second-order valence-electron chi connectivity index (χ2n) is 4.18. The van der Waals surface area contributed by atoms with Gasteiger partial charge in [0.2, 0.25) is 0 Å². The molecule has 0 aromatic heterocycles. The van der Waals surface area contributed by atoms with Crippen molar-refractivity contribution in [3.05, 3.63) is 39.4 Å². The van der Waals surface area contributed by atoms with Gasteiger partial charge in [-0.1, -0.05) is 6.07 Å². The third-order valence-electron chi connectivity index (χ3n) is 2.58. The quantitative estimate of drug-likeness (QED) is 0.513. The van der Waals surface area contributed by atoms with Gasteiger partial charge in [0.25, 0.3) is 11.6 Å². The molecule has 0 saturated heterocycles. The van der Waals surface area contributed by atoms with Crippen molar-refractivity contribution in [3.8, 4) is 0 Å². The van der Waals surface area contributed by atoms with E-state index >= 15 is 0 Å². The number of hydrogen-bond donors (Lipinski definition) is 3. The number of aryl methyl sites for hydroxylation is 1. The molecule has 0 radical (unpaired) electrons. The summed E-state index contributed by atoms with van der Waals surface area (Å²) in [5, 5.41) is 30.7. The normalized spacial score (nSPS) is 11.7. The molecule has 1 amide bonds. The fourth-order valence-electron chi connectivity index (χ4n) is 1.53. The van der Waals surface area contributed by atoms with E-state index < -0.39 is 22.9 Å². The van der Waals surface area contributed by atoms with Crippen LogP contribution in [0.3, 0.4) is 0 Å². The van der Waals surface area contributed by atoms with Crippen molar-refractivity contribution in [2.75, 3.05) is 6.54 Å². The highest BCUT2D eigenvalue weighted by atomic mass is 16.6. The van der Waals surface area contributed by atoms with Crippen LogP contribution in [-0.2, 0) is 4.79 Å². The van der Waals surface area contributed by atoms with Crippen molar-refractivity contribution < 1.29 is 24.7 Å². The van der Waals surface area contributed by atoms with Crippen LogP contribution in [0.1, 0.15) is 22.3 Å². The first-order valence-corrected chi connectivity index (χ1v) is 5.77. The molecule has 0 aliphatic rings. The first-order valence-electron chi connectivity index (χ1n) is 5.77. The summed E-state index contributed by atoms with van der Waals surface area (Å²) in [6.07, 6.45) is -1.76. The number of carbonyl (C=O) groups is 2. The van der Waals surface area contributed by atoms with Gasteiger partial charge in [0, 0.05) is 19.0 Å². The number of aliphatic carboxylic acids is 1. The Labute approximate surface area is 114 Å². The molecule has 8 nitrogen and oxygen atoms in total. The van der Waals surface area contributed by atoms with Gasteiger partial charge >= 0.3 is 5.97 Å². The number of nitrogens with one attached hydrogen (secondary N) is 1. The number of carboxylic acid groups (broad SMARTS) is 1. The zero-order chi connectivity index (χ0) is 15.3. The average molecular weight is 282 g/mol. The van der Waals surface area contributed by atoms with Crippen molar-refractivity contribution >= 4 is 17.6 Å². The third-order valence-corrected chi connectivity index (χ3v) is 2.58. The number of carboxylic acids is 1. The van der Waals surface area contributed by atoms with Gasteiger partial charge in [-0.3, -0.25) is 14.9 Å². The van der Waals surface area contributed by atoms with Crippen LogP contribution < -0.4 is 5.32 Å². The first-order chi connectivity index (χ1) is 9.32. The topological polar surface area (TPSA) is 130 Å². The maximum absolute atomic E-state index is 11.8. The van der Waals surface area contributed by atoms with E-state index in [0.717, 1.165) is 0 Å². The summed E-state index contributed by atoms with van der Waals surface area (Å²) in [4.78, 5) is 32.4. The maximum atomic E-state index is 11.8. The number of nitro benzene ring substituents is 1. The van der Waals surface area contributed by atoms with Crippen molar-refractivity contribution in [2.24, 2.45) is 0 Å². The van der Waals surface area contributed by atoms with Gasteiger partial charge in [-0.05, 0) is 18.6 Å². The molecule has 0 aliphatic carbocycles. The van der Waals surface area contributed by atoms with Crippen LogP contribution in [0.4, 0.5) is 5.69 Å². The van der Waals surface area contributed by atoms with E-state index in [-0.39, 0.29) is 24.2 Å². The predicted molar refractivity (Wildman–Crippen MR) is 68.4 cm³/mol. The number of aliphatic hydroxyl groups is 1. The van der Waals surface area contributed by atoms with Crippen LogP contribution in [0.2, 0.25) is 0 Å². The molecule has 20 heavy (non-hydrogen) atoms. The lowest BCUT2D eigenvalue weighted by atomic mass is 10.1. The van der Waals surface area contributed by atoms with E-state index in [4.69, 9.17) is 10.2 Å². The van der Waals surface area contributed by atoms with E-state index in [9.17, 15) is 19.7 Å². The van der Waals surface area contributed by atoms with Crippen molar-refractivity contribution in [1.82, 2.24) is 5.32 Å². The second-order valence-corrected chi connectivity index (χ2v) is 4.18. The minimum Gasteiger partial charge on any atom is -0.479 e. The summed E-state index contributed by atoms with van der Waals surface area (Å²) in [5.41, 5.74) is 0.262. The summed E-state index contributed by atoms with van der Waals surface area (Å²) < 4.78 is 0. The van der Waals surface area contributed by atoms with Crippen LogP contribution in [0, 0.1) is 17.0 Å². The molecule has 0 saturated carbocycles. The lowest BCUT2D eigenvalue weighted by Crippen LogP contribution is -2.30. The fraction of sp³-hybridized carbons (Fsp3) is 0.333. The Morgan fingerprint density at radius 3 is 2.65 bits per heavy atom. The molecular weight excluding hydrogens is 268 g/mol. The number of rotatable bonds is 6. The van der Waals surface area contributed by atoms with Gasteiger partial charge in [0.15, 0.2) is 6.10 Å². The SMILES string of the molecule is Cc1ccc([N+](=O)[O-])c(C(=O)NCC[C@H](O)C(=O)O)c1. The number of carbonyl (C=O) groups excluding carboxylic acids is 1. The fourth-order valence-corrected chi connectivity index (χ4v) is 1.53. The molecule has 0 spiro atoms. The standard InChI is InChI=1S/C12H14N2O6/c1-7-2-3-9(14(19)20)8(6-7)11(16)13-5-4-10(15)12(17)18/h2-3,6,10,15H,4-5H2,1H3,(H,13,16)(H,17,18)/t10-/m0/s1. The Balaban J connectivity index is 2.75. The second kappa shape index (κ2) is 6.62. The lowest BCUT2D eigenvalue weighted by molar-refractivity contribution is -0.385. The smallest absolute Gasteiger partial charge is 0.332 e. The zero-order valence-electron chi connectivity index (χ0n) is 10.7. The van der Waals surface area contributed by atoms with Gasteiger partial charge < -0.3 is 15.5 Å². The van der Waals surface area contributed by atoms with Crippen molar-refractivity contribution in [2.45, 2.75) is 19.4 Å². The molecule has 0 bridgehead atoms. The lowest BCUT2D eigenvalue weighted by Gasteiger charge is -2.08. The van der Waals surface area contributed by atoms with Gasteiger partial charge in [-0.2, -0.15) is 0 Å². The number of nitrogens with zero attached hydrogens (tertiary/aromatic N) is 1. The van der Waals surface area contributed by atoms with Gasteiger partial charge in [0.1, 0.15) is 5.56 Å². The molecule has 1 rings (SSSR count). The highest BCUT2D eigenvalue weighted by Crippen LogP contribution is 2.19. The monoisotopic (exact) mass is 282 g/mol. The van der Waals surface area contributed by atoms with Gasteiger partial charge in [0.05, 0.1) is 4.92 Å². The van der Waals surface area contributed by atoms with Crippen LogP contribution >= 0.6 is 0 Å². The third kappa shape index (κ3) is 4.02. The predicted octanol–water partition coefficient (Wildman–Crippen LogP) is 0.469. The van der Waals surface area contributed by atoms with Gasteiger partial charge in [-0.15, -0.1) is 0 Å². The number of benzene rings is 1. The minimum atomic E-state index is -1.58. The maximum Gasteiger partial charge on any atom is 0.332 e. The number of aliphatic hydroxyl groups excluding tert-OH is 1. The van der Waals surface area contributed by atoms with Crippen molar-refractivity contribution in [3.63, 3.8) is 0 Å². The van der Waals surface area contributed by atoms with E-state index in [2.05, 4.69) is 5.32 Å². The Morgan fingerprint density at radius 1 is 1.45 bits per heavy atom. The number of nitro groups is 1. The molecule has 1 atom stereocenters. The summed E-state index contributed by atoms with van der Waals surface area (Å²) in [6.45, 7) is 1.59. The van der Waals surface area contributed by atoms with Crippen molar-refractivity contribution in [1.29, 1.82) is 0 Å². The summed E-state index contributed by atoms with van der Waals surface area (Å²) in [7, 11) is 0. The largest absolute Gasteiger partial charge is 0.479 e.